The van der Waals surface area contributed by atoms with E-state index < -0.39 is 5.97 Å². The molecule has 0 atom stereocenters. The van der Waals surface area contributed by atoms with E-state index in [0.717, 1.165) is 10.2 Å². The number of esters is 1. The molecule has 1 heterocycles. The third kappa shape index (κ3) is 4.92. The number of methoxy groups -OCH3 is 1. The standard InChI is InChI=1S/C17H14BrN5O3S/c1-26-16(25)11-2-6-13(7-3-11)19-15(24)10-27-17-20-21-22-23(17)14-8-4-12(18)5-9-14/h2-9H,10H2,1H3,(H,19,24). The normalized spacial score (nSPS) is 10.4. The van der Waals surface area contributed by atoms with Gasteiger partial charge >= 0.3 is 5.97 Å². The molecule has 3 rings (SSSR count). The molecule has 0 bridgehead atoms. The zero-order chi connectivity index (χ0) is 19.2. The Labute approximate surface area is 167 Å². The smallest absolute Gasteiger partial charge is 0.337 e. The van der Waals surface area contributed by atoms with Gasteiger partial charge in [-0.3, -0.25) is 4.79 Å². The molecular formula is C17H14BrN5O3S. The molecule has 0 saturated carbocycles. The molecule has 0 unspecified atom stereocenters. The van der Waals surface area contributed by atoms with Gasteiger partial charge in [0.2, 0.25) is 11.1 Å². The van der Waals surface area contributed by atoms with Crippen LogP contribution in [0.1, 0.15) is 10.4 Å². The predicted octanol–water partition coefficient (Wildman–Crippen LogP) is 2.94. The van der Waals surface area contributed by atoms with E-state index in [-0.39, 0.29) is 11.7 Å². The Kier molecular flexibility index (Phi) is 6.20. The van der Waals surface area contributed by atoms with Gasteiger partial charge in [0, 0.05) is 10.2 Å². The van der Waals surface area contributed by atoms with Crippen LogP contribution >= 0.6 is 27.7 Å². The predicted molar refractivity (Wildman–Crippen MR) is 104 cm³/mol. The fraction of sp³-hybridized carbons (Fsp3) is 0.118. The van der Waals surface area contributed by atoms with Crippen molar-refractivity contribution in [1.29, 1.82) is 0 Å². The van der Waals surface area contributed by atoms with Gasteiger partial charge < -0.3 is 10.1 Å². The Balaban J connectivity index is 1.59. The van der Waals surface area contributed by atoms with Crippen molar-refractivity contribution in [3.8, 4) is 5.69 Å². The van der Waals surface area contributed by atoms with Crippen LogP contribution < -0.4 is 5.32 Å². The van der Waals surface area contributed by atoms with Crippen LogP contribution in [-0.4, -0.2) is 44.9 Å². The molecule has 3 aromatic rings. The summed E-state index contributed by atoms with van der Waals surface area (Å²) in [4.78, 5) is 23.6. The van der Waals surface area contributed by atoms with Crippen molar-refractivity contribution in [2.75, 3.05) is 18.2 Å². The minimum atomic E-state index is -0.428. The van der Waals surface area contributed by atoms with Crippen LogP contribution in [-0.2, 0) is 9.53 Å². The summed E-state index contributed by atoms with van der Waals surface area (Å²) in [6.45, 7) is 0. The topological polar surface area (TPSA) is 99.0 Å². The molecule has 1 N–H and O–H groups in total. The van der Waals surface area contributed by atoms with Gasteiger partial charge in [0.25, 0.3) is 0 Å². The molecule has 0 radical (unpaired) electrons. The number of nitrogens with zero attached hydrogens (tertiary/aromatic N) is 4. The monoisotopic (exact) mass is 447 g/mol. The number of carbonyl (C=O) groups is 2. The highest BCUT2D eigenvalue weighted by atomic mass is 79.9. The number of aromatic nitrogens is 4. The van der Waals surface area contributed by atoms with Crippen molar-refractivity contribution in [2.45, 2.75) is 5.16 Å². The molecular weight excluding hydrogens is 434 g/mol. The van der Waals surface area contributed by atoms with E-state index >= 15 is 0 Å². The minimum Gasteiger partial charge on any atom is -0.465 e. The van der Waals surface area contributed by atoms with Crippen molar-refractivity contribution in [1.82, 2.24) is 20.2 Å². The molecule has 0 aliphatic rings. The van der Waals surface area contributed by atoms with Crippen LogP contribution in [0.25, 0.3) is 5.69 Å². The first kappa shape index (κ1) is 19.1. The number of carbonyl (C=O) groups excluding carboxylic acids is 2. The molecule has 0 aliphatic carbocycles. The second-order valence-corrected chi connectivity index (χ2v) is 7.11. The highest BCUT2D eigenvalue weighted by Crippen LogP contribution is 2.20. The summed E-state index contributed by atoms with van der Waals surface area (Å²) in [5.41, 5.74) is 1.80. The van der Waals surface area contributed by atoms with Crippen LogP contribution in [0.4, 0.5) is 5.69 Å². The average molecular weight is 448 g/mol. The van der Waals surface area contributed by atoms with E-state index in [0.29, 0.717) is 16.4 Å². The molecule has 27 heavy (non-hydrogen) atoms. The summed E-state index contributed by atoms with van der Waals surface area (Å²) >= 11 is 4.60. The number of hydrogen-bond donors (Lipinski definition) is 1. The first-order chi connectivity index (χ1) is 13.1. The number of thioether (sulfide) groups is 1. The van der Waals surface area contributed by atoms with Gasteiger partial charge in [-0.15, -0.1) is 5.10 Å². The van der Waals surface area contributed by atoms with Crippen molar-refractivity contribution in [2.24, 2.45) is 0 Å². The molecule has 138 valence electrons. The van der Waals surface area contributed by atoms with E-state index in [4.69, 9.17) is 0 Å². The zero-order valence-electron chi connectivity index (χ0n) is 14.1. The quantitative estimate of drug-likeness (QED) is 0.457. The largest absolute Gasteiger partial charge is 0.465 e. The van der Waals surface area contributed by atoms with E-state index in [9.17, 15) is 9.59 Å². The highest BCUT2D eigenvalue weighted by molar-refractivity contribution is 9.10. The molecule has 0 fully saturated rings. The Hall–Kier alpha value is -2.72. The lowest BCUT2D eigenvalue weighted by molar-refractivity contribution is -0.113. The lowest BCUT2D eigenvalue weighted by Gasteiger charge is -2.06. The molecule has 1 amide bonds. The summed E-state index contributed by atoms with van der Waals surface area (Å²) in [5.74, 6) is -0.505. The maximum Gasteiger partial charge on any atom is 0.337 e. The summed E-state index contributed by atoms with van der Waals surface area (Å²) in [7, 11) is 1.32. The average Bonchev–Trinajstić information content (AvgIpc) is 3.15. The number of hydrogen-bond acceptors (Lipinski definition) is 7. The third-order valence-corrected chi connectivity index (χ3v) is 4.88. The number of ether oxygens (including phenoxy) is 1. The molecule has 0 spiro atoms. The molecule has 0 saturated heterocycles. The van der Waals surface area contributed by atoms with Gasteiger partial charge in [0.05, 0.1) is 24.1 Å². The third-order valence-electron chi connectivity index (χ3n) is 3.43. The van der Waals surface area contributed by atoms with Gasteiger partial charge in [0.15, 0.2) is 0 Å². The maximum absolute atomic E-state index is 12.2. The van der Waals surface area contributed by atoms with Crippen LogP contribution in [0.15, 0.2) is 58.2 Å². The first-order valence-electron chi connectivity index (χ1n) is 7.72. The summed E-state index contributed by atoms with van der Waals surface area (Å²) < 4.78 is 7.15. The summed E-state index contributed by atoms with van der Waals surface area (Å²) in [5, 5.41) is 14.9. The Morgan fingerprint density at radius 3 is 2.52 bits per heavy atom. The number of rotatable bonds is 6. The molecule has 0 aliphatic heterocycles. The second-order valence-electron chi connectivity index (χ2n) is 5.26. The van der Waals surface area contributed by atoms with E-state index in [2.05, 4.69) is 41.5 Å². The Bertz CT molecular complexity index is 944. The van der Waals surface area contributed by atoms with Crippen LogP contribution in [0.5, 0.6) is 0 Å². The minimum absolute atomic E-state index is 0.135. The first-order valence-corrected chi connectivity index (χ1v) is 9.50. The number of benzene rings is 2. The van der Waals surface area contributed by atoms with E-state index in [1.165, 1.54) is 18.9 Å². The highest BCUT2D eigenvalue weighted by Gasteiger charge is 2.12. The lowest BCUT2D eigenvalue weighted by atomic mass is 10.2. The van der Waals surface area contributed by atoms with Crippen molar-refractivity contribution < 1.29 is 14.3 Å². The molecule has 2 aromatic carbocycles. The SMILES string of the molecule is COC(=O)c1ccc(NC(=O)CSc2nnnn2-c2ccc(Br)cc2)cc1. The fourth-order valence-electron chi connectivity index (χ4n) is 2.15. The molecule has 1 aromatic heterocycles. The van der Waals surface area contributed by atoms with Crippen molar-refractivity contribution in [3.63, 3.8) is 0 Å². The lowest BCUT2D eigenvalue weighted by Crippen LogP contribution is -2.14. The zero-order valence-corrected chi connectivity index (χ0v) is 16.5. The second kappa shape index (κ2) is 8.78. The van der Waals surface area contributed by atoms with Gasteiger partial charge in [-0.05, 0) is 59.0 Å². The molecule has 10 heteroatoms. The maximum atomic E-state index is 12.2. The van der Waals surface area contributed by atoms with E-state index in [1.54, 1.807) is 28.9 Å². The van der Waals surface area contributed by atoms with Gasteiger partial charge in [-0.25, -0.2) is 4.79 Å². The summed E-state index contributed by atoms with van der Waals surface area (Å²) in [6, 6.07) is 14.0. The number of nitrogens with one attached hydrogen (secondary N) is 1. The van der Waals surface area contributed by atoms with Crippen molar-refractivity contribution in [3.05, 3.63) is 58.6 Å². The number of amides is 1. The van der Waals surface area contributed by atoms with Gasteiger partial charge in [-0.2, -0.15) is 4.68 Å². The fourth-order valence-corrected chi connectivity index (χ4v) is 3.10. The van der Waals surface area contributed by atoms with Gasteiger partial charge in [-0.1, -0.05) is 27.7 Å². The van der Waals surface area contributed by atoms with Crippen LogP contribution in [0.3, 0.4) is 0 Å². The summed E-state index contributed by atoms with van der Waals surface area (Å²) in [6.07, 6.45) is 0. The van der Waals surface area contributed by atoms with Crippen molar-refractivity contribution >= 4 is 45.3 Å². The Morgan fingerprint density at radius 1 is 1.15 bits per heavy atom. The number of tetrazole rings is 1. The van der Waals surface area contributed by atoms with Crippen LogP contribution in [0.2, 0.25) is 0 Å². The van der Waals surface area contributed by atoms with Crippen LogP contribution in [0, 0.1) is 0 Å². The molecule has 8 nitrogen and oxygen atoms in total. The number of anilines is 1. The Morgan fingerprint density at radius 2 is 1.85 bits per heavy atom. The van der Waals surface area contributed by atoms with Gasteiger partial charge in [0.1, 0.15) is 0 Å². The number of halogens is 1. The van der Waals surface area contributed by atoms with E-state index in [1.807, 2.05) is 24.3 Å².